The summed E-state index contributed by atoms with van der Waals surface area (Å²) >= 11 is 0. The summed E-state index contributed by atoms with van der Waals surface area (Å²) in [5.41, 5.74) is 1.58. The zero-order chi connectivity index (χ0) is 24.7. The predicted octanol–water partition coefficient (Wildman–Crippen LogP) is 1.50. The summed E-state index contributed by atoms with van der Waals surface area (Å²) in [5, 5.41) is 5.11. The summed E-state index contributed by atoms with van der Waals surface area (Å²) in [5.74, 6) is -1.93. The van der Waals surface area contributed by atoms with Crippen LogP contribution in [-0.4, -0.2) is 78.2 Å². The van der Waals surface area contributed by atoms with Crippen LogP contribution in [0.5, 0.6) is 0 Å². The van der Waals surface area contributed by atoms with Crippen molar-refractivity contribution in [2.75, 3.05) is 37.6 Å². The van der Waals surface area contributed by atoms with Crippen molar-refractivity contribution in [2.45, 2.75) is 51.5 Å². The van der Waals surface area contributed by atoms with Gasteiger partial charge >= 0.3 is 6.03 Å². The van der Waals surface area contributed by atoms with Crippen LogP contribution in [0.2, 0.25) is 0 Å². The molecule has 1 aromatic carbocycles. The lowest BCUT2D eigenvalue weighted by atomic mass is 9.71. The molecule has 1 spiro atoms. The summed E-state index contributed by atoms with van der Waals surface area (Å²) in [7, 11) is 0. The third-order valence-electron chi connectivity index (χ3n) is 8.05. The first-order valence-electron chi connectivity index (χ1n) is 12.5. The van der Waals surface area contributed by atoms with E-state index in [1.165, 1.54) is 0 Å². The highest BCUT2D eigenvalue weighted by Crippen LogP contribution is 2.43. The highest BCUT2D eigenvalue weighted by atomic mass is 16.2. The molecule has 0 bridgehead atoms. The number of carbonyl (C=O) groups excluding carboxylic acids is 5. The number of rotatable bonds is 3. The fraction of sp³-hybridized carbons (Fsp3) is 0.560. The van der Waals surface area contributed by atoms with E-state index in [1.807, 2.05) is 17.9 Å². The minimum Gasteiger partial charge on any atom is -0.371 e. The number of carbonyl (C=O) groups is 5. The van der Waals surface area contributed by atoms with E-state index in [4.69, 9.17) is 0 Å². The van der Waals surface area contributed by atoms with Crippen molar-refractivity contribution in [2.24, 2.45) is 5.41 Å². The standard InChI is InChI=1S/C25H31N5O5/c1-2-26-24(35)29-14-10-25(11-15-29)8-12-28(13-9-25)17-5-3-4-16-20(17)23(34)30(22(16)33)18-6-7-19(31)27-21(18)32/h3-5,18H,2,6-15H2,1H3,(H,26,35)(H,27,31,32). The van der Waals surface area contributed by atoms with Gasteiger partial charge in [-0.05, 0) is 56.6 Å². The van der Waals surface area contributed by atoms with Gasteiger partial charge < -0.3 is 15.1 Å². The molecule has 35 heavy (non-hydrogen) atoms. The van der Waals surface area contributed by atoms with Crippen LogP contribution in [0.25, 0.3) is 0 Å². The number of piperidine rings is 3. The van der Waals surface area contributed by atoms with Gasteiger partial charge in [-0.15, -0.1) is 0 Å². The fourth-order valence-corrected chi connectivity index (χ4v) is 5.93. The van der Waals surface area contributed by atoms with E-state index in [0.717, 1.165) is 62.4 Å². The monoisotopic (exact) mass is 481 g/mol. The van der Waals surface area contributed by atoms with Gasteiger partial charge in [0, 0.05) is 39.1 Å². The second-order valence-corrected chi connectivity index (χ2v) is 9.96. The normalized spacial score (nSPS) is 24.0. The number of urea groups is 1. The Balaban J connectivity index is 1.29. The van der Waals surface area contributed by atoms with Gasteiger partial charge in [0.05, 0.1) is 16.8 Å². The predicted molar refractivity (Wildman–Crippen MR) is 127 cm³/mol. The number of fused-ring (bicyclic) bond motifs is 1. The average molecular weight is 482 g/mol. The van der Waals surface area contributed by atoms with Gasteiger partial charge in [0.2, 0.25) is 11.8 Å². The van der Waals surface area contributed by atoms with Crippen molar-refractivity contribution >= 4 is 35.3 Å². The molecule has 3 saturated heterocycles. The third kappa shape index (κ3) is 4.04. The number of likely N-dealkylation sites (tertiary alicyclic amines) is 1. The molecule has 1 unspecified atom stereocenters. The molecular weight excluding hydrogens is 450 g/mol. The maximum absolute atomic E-state index is 13.4. The number of benzene rings is 1. The number of hydrogen-bond donors (Lipinski definition) is 2. The molecule has 4 aliphatic heterocycles. The van der Waals surface area contributed by atoms with Gasteiger partial charge in [0.25, 0.3) is 11.8 Å². The molecule has 0 aliphatic carbocycles. The van der Waals surface area contributed by atoms with Crippen LogP contribution < -0.4 is 15.5 Å². The smallest absolute Gasteiger partial charge is 0.317 e. The Bertz CT molecular complexity index is 1080. The molecule has 4 heterocycles. The summed E-state index contributed by atoms with van der Waals surface area (Å²) < 4.78 is 0. The first-order chi connectivity index (χ1) is 16.8. The Labute approximate surface area is 204 Å². The second kappa shape index (κ2) is 8.98. The van der Waals surface area contributed by atoms with E-state index in [2.05, 4.69) is 15.5 Å². The number of imide groups is 2. The van der Waals surface area contributed by atoms with Gasteiger partial charge in [-0.3, -0.25) is 29.4 Å². The third-order valence-corrected chi connectivity index (χ3v) is 8.05. The van der Waals surface area contributed by atoms with Crippen molar-refractivity contribution in [3.63, 3.8) is 0 Å². The quantitative estimate of drug-likeness (QED) is 0.632. The minimum atomic E-state index is -0.965. The molecule has 6 amide bonds. The Kier molecular flexibility index (Phi) is 5.98. The molecule has 1 atom stereocenters. The van der Waals surface area contributed by atoms with Crippen LogP contribution in [0.1, 0.15) is 66.2 Å². The fourth-order valence-electron chi connectivity index (χ4n) is 5.93. The van der Waals surface area contributed by atoms with Crippen molar-refractivity contribution in [1.29, 1.82) is 0 Å². The summed E-state index contributed by atoms with van der Waals surface area (Å²) in [4.78, 5) is 67.7. The molecule has 3 fully saturated rings. The van der Waals surface area contributed by atoms with Gasteiger partial charge in [0.1, 0.15) is 6.04 Å². The summed E-state index contributed by atoms with van der Waals surface area (Å²) in [6.07, 6.45) is 4.09. The maximum atomic E-state index is 13.4. The number of hydrogen-bond acceptors (Lipinski definition) is 6. The molecule has 5 rings (SSSR count). The average Bonchev–Trinajstić information content (AvgIpc) is 3.10. The first kappa shape index (κ1) is 23.3. The van der Waals surface area contributed by atoms with Crippen molar-refractivity contribution < 1.29 is 24.0 Å². The first-order valence-corrected chi connectivity index (χ1v) is 12.5. The number of anilines is 1. The Morgan fingerprint density at radius 3 is 2.37 bits per heavy atom. The maximum Gasteiger partial charge on any atom is 0.317 e. The molecular formula is C25H31N5O5. The van der Waals surface area contributed by atoms with Crippen LogP contribution in [0.15, 0.2) is 18.2 Å². The van der Waals surface area contributed by atoms with Gasteiger partial charge in [-0.25, -0.2) is 4.79 Å². The van der Waals surface area contributed by atoms with Crippen LogP contribution in [-0.2, 0) is 9.59 Å². The number of nitrogens with zero attached hydrogens (tertiary/aromatic N) is 3. The highest BCUT2D eigenvalue weighted by Gasteiger charge is 2.47. The molecule has 1 aromatic rings. The molecule has 4 aliphatic rings. The topological polar surface area (TPSA) is 119 Å². The van der Waals surface area contributed by atoms with Gasteiger partial charge in [-0.2, -0.15) is 0 Å². The Morgan fingerprint density at radius 1 is 1.03 bits per heavy atom. The van der Waals surface area contributed by atoms with Crippen LogP contribution in [0.4, 0.5) is 10.5 Å². The molecule has 0 aromatic heterocycles. The summed E-state index contributed by atoms with van der Waals surface area (Å²) in [6, 6.07) is 4.32. The van der Waals surface area contributed by atoms with E-state index in [0.29, 0.717) is 17.7 Å². The second-order valence-electron chi connectivity index (χ2n) is 9.96. The lowest BCUT2D eigenvalue weighted by Gasteiger charge is -2.47. The lowest BCUT2D eigenvalue weighted by molar-refractivity contribution is -0.136. The lowest BCUT2D eigenvalue weighted by Crippen LogP contribution is -2.54. The minimum absolute atomic E-state index is 0.00313. The number of amides is 6. The van der Waals surface area contributed by atoms with Crippen LogP contribution in [0, 0.1) is 5.41 Å². The molecule has 10 heteroatoms. The van der Waals surface area contributed by atoms with Crippen LogP contribution in [0.3, 0.4) is 0 Å². The molecule has 0 saturated carbocycles. The van der Waals surface area contributed by atoms with E-state index < -0.39 is 23.8 Å². The highest BCUT2D eigenvalue weighted by molar-refractivity contribution is 6.25. The zero-order valence-corrected chi connectivity index (χ0v) is 20.0. The van der Waals surface area contributed by atoms with Gasteiger partial charge in [-0.1, -0.05) is 6.07 Å². The molecule has 2 N–H and O–H groups in total. The Hall–Kier alpha value is -3.43. The zero-order valence-electron chi connectivity index (χ0n) is 20.0. The molecule has 0 radical (unpaired) electrons. The van der Waals surface area contributed by atoms with E-state index in [1.54, 1.807) is 12.1 Å². The largest absolute Gasteiger partial charge is 0.371 e. The van der Waals surface area contributed by atoms with Crippen LogP contribution >= 0.6 is 0 Å². The summed E-state index contributed by atoms with van der Waals surface area (Å²) in [6.45, 7) is 5.57. The number of nitrogens with one attached hydrogen (secondary N) is 2. The van der Waals surface area contributed by atoms with E-state index in [9.17, 15) is 24.0 Å². The van der Waals surface area contributed by atoms with Gasteiger partial charge in [0.15, 0.2) is 0 Å². The van der Waals surface area contributed by atoms with E-state index >= 15 is 0 Å². The SMILES string of the molecule is CCNC(=O)N1CCC2(CC1)CCN(c1cccc3c1C(=O)N(C1CCC(=O)NC1=O)C3=O)CC2. The van der Waals surface area contributed by atoms with Crippen molar-refractivity contribution in [1.82, 2.24) is 20.4 Å². The Morgan fingerprint density at radius 2 is 1.71 bits per heavy atom. The molecule has 186 valence electrons. The van der Waals surface area contributed by atoms with Crippen molar-refractivity contribution in [3.8, 4) is 0 Å². The van der Waals surface area contributed by atoms with Crippen molar-refractivity contribution in [3.05, 3.63) is 29.3 Å². The molecule has 10 nitrogen and oxygen atoms in total. The van der Waals surface area contributed by atoms with E-state index in [-0.39, 0.29) is 30.2 Å².